The SMILES string of the molecule is CCc1ccc2c(CSc3nnnn3-c3ccc(OC)cc3)cc(=O)oc2c1. The number of rotatable bonds is 6. The molecule has 2 heterocycles. The molecule has 0 atom stereocenters. The lowest BCUT2D eigenvalue weighted by molar-refractivity contribution is 0.414. The summed E-state index contributed by atoms with van der Waals surface area (Å²) < 4.78 is 12.2. The quantitative estimate of drug-likeness (QED) is 0.365. The third-order valence-electron chi connectivity index (χ3n) is 4.42. The van der Waals surface area contributed by atoms with Gasteiger partial charge in [0.25, 0.3) is 0 Å². The first kappa shape index (κ1) is 18.2. The zero-order valence-corrected chi connectivity index (χ0v) is 16.3. The molecule has 0 fully saturated rings. The average molecular weight is 394 g/mol. The van der Waals surface area contributed by atoms with E-state index < -0.39 is 0 Å². The van der Waals surface area contributed by atoms with Crippen LogP contribution in [0.5, 0.6) is 5.75 Å². The van der Waals surface area contributed by atoms with E-state index >= 15 is 0 Å². The number of fused-ring (bicyclic) bond motifs is 1. The summed E-state index contributed by atoms with van der Waals surface area (Å²) in [4.78, 5) is 12.0. The van der Waals surface area contributed by atoms with Crippen LogP contribution in [0.2, 0.25) is 0 Å². The highest BCUT2D eigenvalue weighted by atomic mass is 32.2. The van der Waals surface area contributed by atoms with Gasteiger partial charge in [0.2, 0.25) is 5.16 Å². The van der Waals surface area contributed by atoms with Crippen LogP contribution in [-0.2, 0) is 12.2 Å². The molecule has 0 aliphatic carbocycles. The Morgan fingerprint density at radius 2 is 1.96 bits per heavy atom. The predicted octanol–water partition coefficient (Wildman–Crippen LogP) is 3.63. The summed E-state index contributed by atoms with van der Waals surface area (Å²) in [6.45, 7) is 2.07. The normalized spacial score (nSPS) is 11.1. The molecule has 4 rings (SSSR count). The summed E-state index contributed by atoms with van der Waals surface area (Å²) in [6, 6.07) is 15.0. The smallest absolute Gasteiger partial charge is 0.336 e. The Morgan fingerprint density at radius 3 is 2.71 bits per heavy atom. The molecular formula is C20H18N4O3S. The van der Waals surface area contributed by atoms with Crippen LogP contribution in [0.4, 0.5) is 0 Å². The van der Waals surface area contributed by atoms with E-state index in [1.54, 1.807) is 11.8 Å². The molecule has 8 heteroatoms. The minimum atomic E-state index is -0.355. The molecule has 0 aliphatic rings. The van der Waals surface area contributed by atoms with E-state index in [0.29, 0.717) is 16.5 Å². The van der Waals surface area contributed by atoms with Crippen molar-refractivity contribution in [2.45, 2.75) is 24.3 Å². The van der Waals surface area contributed by atoms with E-state index in [0.717, 1.165) is 34.4 Å². The maximum absolute atomic E-state index is 12.0. The first-order valence-electron chi connectivity index (χ1n) is 8.79. The van der Waals surface area contributed by atoms with E-state index in [2.05, 4.69) is 28.5 Å². The van der Waals surface area contributed by atoms with E-state index in [9.17, 15) is 4.79 Å². The summed E-state index contributed by atoms with van der Waals surface area (Å²) in [5.41, 5.74) is 3.11. The molecule has 0 bridgehead atoms. The molecule has 0 amide bonds. The van der Waals surface area contributed by atoms with Crippen molar-refractivity contribution in [2.75, 3.05) is 7.11 Å². The predicted molar refractivity (Wildman–Crippen MR) is 107 cm³/mol. The monoisotopic (exact) mass is 394 g/mol. The fourth-order valence-electron chi connectivity index (χ4n) is 2.91. The van der Waals surface area contributed by atoms with Crippen LogP contribution >= 0.6 is 11.8 Å². The van der Waals surface area contributed by atoms with Crippen molar-refractivity contribution in [2.24, 2.45) is 0 Å². The molecule has 0 radical (unpaired) electrons. The van der Waals surface area contributed by atoms with E-state index in [1.807, 2.05) is 36.4 Å². The van der Waals surface area contributed by atoms with Crippen LogP contribution in [0.1, 0.15) is 18.1 Å². The van der Waals surface area contributed by atoms with Crippen molar-refractivity contribution in [1.29, 1.82) is 0 Å². The molecule has 0 aliphatic heterocycles. The second-order valence-corrected chi connectivity index (χ2v) is 7.08. The minimum absolute atomic E-state index is 0.355. The third-order valence-corrected chi connectivity index (χ3v) is 5.39. The Labute approximate surface area is 165 Å². The molecular weight excluding hydrogens is 376 g/mol. The van der Waals surface area contributed by atoms with Gasteiger partial charge in [-0.2, -0.15) is 4.68 Å². The first-order valence-corrected chi connectivity index (χ1v) is 9.77. The number of hydrogen-bond donors (Lipinski definition) is 0. The number of tetrazole rings is 1. The van der Waals surface area contributed by atoms with Crippen LogP contribution in [0.3, 0.4) is 0 Å². The molecule has 0 N–H and O–H groups in total. The van der Waals surface area contributed by atoms with Gasteiger partial charge in [-0.25, -0.2) is 4.79 Å². The van der Waals surface area contributed by atoms with Crippen molar-refractivity contribution in [3.8, 4) is 11.4 Å². The number of ether oxygens (including phenoxy) is 1. The lowest BCUT2D eigenvalue weighted by atomic mass is 10.1. The second-order valence-electron chi connectivity index (χ2n) is 6.13. The molecule has 7 nitrogen and oxygen atoms in total. The molecule has 28 heavy (non-hydrogen) atoms. The van der Waals surface area contributed by atoms with Gasteiger partial charge >= 0.3 is 5.63 Å². The highest BCUT2D eigenvalue weighted by Gasteiger charge is 2.12. The number of methoxy groups -OCH3 is 1. The standard InChI is InChI=1S/C20H18N4O3S/c1-3-13-4-9-17-14(11-19(25)27-18(17)10-13)12-28-20-21-22-23-24(20)15-5-7-16(26-2)8-6-15/h4-11H,3,12H2,1-2H3. The van der Waals surface area contributed by atoms with Crippen LogP contribution in [-0.4, -0.2) is 27.3 Å². The van der Waals surface area contributed by atoms with Crippen molar-refractivity contribution < 1.29 is 9.15 Å². The summed E-state index contributed by atoms with van der Waals surface area (Å²) in [5, 5.41) is 13.5. The van der Waals surface area contributed by atoms with Crippen LogP contribution < -0.4 is 10.4 Å². The van der Waals surface area contributed by atoms with Crippen LogP contribution in [0.25, 0.3) is 16.7 Å². The minimum Gasteiger partial charge on any atom is -0.497 e. The van der Waals surface area contributed by atoms with Crippen LogP contribution in [0.15, 0.2) is 62.9 Å². The largest absolute Gasteiger partial charge is 0.497 e. The Bertz CT molecular complexity index is 1170. The van der Waals surface area contributed by atoms with Gasteiger partial charge in [-0.15, -0.1) is 5.10 Å². The lowest BCUT2D eigenvalue weighted by Gasteiger charge is -2.07. The Balaban J connectivity index is 1.62. The molecule has 4 aromatic rings. The molecule has 0 saturated carbocycles. The highest BCUT2D eigenvalue weighted by Crippen LogP contribution is 2.27. The maximum atomic E-state index is 12.0. The van der Waals surface area contributed by atoms with Gasteiger partial charge in [-0.1, -0.05) is 30.8 Å². The fourth-order valence-corrected chi connectivity index (χ4v) is 3.79. The number of thioether (sulfide) groups is 1. The number of nitrogens with zero attached hydrogens (tertiary/aromatic N) is 4. The van der Waals surface area contributed by atoms with Crippen molar-refractivity contribution in [1.82, 2.24) is 20.2 Å². The van der Waals surface area contributed by atoms with E-state index in [1.165, 1.54) is 17.8 Å². The van der Waals surface area contributed by atoms with Gasteiger partial charge in [-0.05, 0) is 58.3 Å². The average Bonchev–Trinajstić information content (AvgIpc) is 3.20. The number of aromatic nitrogens is 4. The maximum Gasteiger partial charge on any atom is 0.336 e. The van der Waals surface area contributed by atoms with Gasteiger partial charge in [0.15, 0.2) is 0 Å². The zero-order chi connectivity index (χ0) is 19.5. The van der Waals surface area contributed by atoms with Crippen LogP contribution in [0, 0.1) is 0 Å². The van der Waals surface area contributed by atoms with Crippen molar-refractivity contribution >= 4 is 22.7 Å². The van der Waals surface area contributed by atoms with Gasteiger partial charge < -0.3 is 9.15 Å². The van der Waals surface area contributed by atoms with E-state index in [-0.39, 0.29) is 5.63 Å². The Kier molecular flexibility index (Phi) is 5.12. The van der Waals surface area contributed by atoms with Gasteiger partial charge in [0.05, 0.1) is 12.8 Å². The number of hydrogen-bond acceptors (Lipinski definition) is 7. The number of benzene rings is 2. The summed E-state index contributed by atoms with van der Waals surface area (Å²) in [5.74, 6) is 1.31. The van der Waals surface area contributed by atoms with Gasteiger partial charge in [-0.3, -0.25) is 0 Å². The summed E-state index contributed by atoms with van der Waals surface area (Å²) in [6.07, 6.45) is 0.884. The van der Waals surface area contributed by atoms with Gasteiger partial charge in [0.1, 0.15) is 11.3 Å². The number of aryl methyl sites for hydroxylation is 1. The molecule has 0 saturated heterocycles. The highest BCUT2D eigenvalue weighted by molar-refractivity contribution is 7.98. The molecule has 2 aromatic carbocycles. The fraction of sp³-hybridized carbons (Fsp3) is 0.200. The summed E-state index contributed by atoms with van der Waals surface area (Å²) in [7, 11) is 1.62. The third kappa shape index (κ3) is 3.63. The molecule has 2 aromatic heterocycles. The lowest BCUT2D eigenvalue weighted by Crippen LogP contribution is -2.02. The second kappa shape index (κ2) is 7.85. The topological polar surface area (TPSA) is 83.0 Å². The van der Waals surface area contributed by atoms with Crippen molar-refractivity contribution in [3.63, 3.8) is 0 Å². The van der Waals surface area contributed by atoms with Crippen molar-refractivity contribution in [3.05, 3.63) is 70.1 Å². The molecule has 142 valence electrons. The first-order chi connectivity index (χ1) is 13.7. The molecule has 0 unspecified atom stereocenters. The zero-order valence-electron chi connectivity index (χ0n) is 15.5. The van der Waals surface area contributed by atoms with E-state index in [4.69, 9.17) is 9.15 Å². The van der Waals surface area contributed by atoms with Gasteiger partial charge in [0, 0.05) is 17.2 Å². The Hall–Kier alpha value is -3.13. The Morgan fingerprint density at radius 1 is 1.14 bits per heavy atom. The molecule has 0 spiro atoms. The summed E-state index contributed by atoms with van der Waals surface area (Å²) >= 11 is 1.46.